The number of piperidine rings is 1. The summed E-state index contributed by atoms with van der Waals surface area (Å²) in [6.45, 7) is 2.01. The van der Waals surface area contributed by atoms with Crippen LogP contribution >= 0.6 is 0 Å². The maximum atomic E-state index is 13.3. The Hall–Kier alpha value is -4.76. The predicted molar refractivity (Wildman–Crippen MR) is 159 cm³/mol. The average molecular weight is 598 g/mol. The van der Waals surface area contributed by atoms with Gasteiger partial charge in [-0.05, 0) is 91.5 Å². The first-order chi connectivity index (χ1) is 21.2. The van der Waals surface area contributed by atoms with Crippen molar-refractivity contribution in [3.63, 3.8) is 0 Å². The van der Waals surface area contributed by atoms with Crippen molar-refractivity contribution < 1.29 is 18.9 Å². The Morgan fingerprint density at radius 3 is 2.20 bits per heavy atom. The number of aromatic amines is 1. The highest BCUT2D eigenvalue weighted by Crippen LogP contribution is 2.48. The summed E-state index contributed by atoms with van der Waals surface area (Å²) in [5, 5.41) is 22.5. The molecule has 2 aliphatic carbocycles. The molecular weight excluding hydrogens is 562 g/mol. The van der Waals surface area contributed by atoms with Gasteiger partial charge in [-0.2, -0.15) is 5.26 Å². The molecule has 0 unspecified atom stereocenters. The van der Waals surface area contributed by atoms with Gasteiger partial charge < -0.3 is 20.9 Å². The van der Waals surface area contributed by atoms with E-state index in [1.54, 1.807) is 31.1 Å². The number of aryl methyl sites for hydroxylation is 2. The van der Waals surface area contributed by atoms with Crippen LogP contribution in [0.1, 0.15) is 75.0 Å². The maximum absolute atomic E-state index is 13.3. The lowest BCUT2D eigenvalue weighted by atomic mass is 9.67. The molecule has 4 N–H and O–H groups in total. The van der Waals surface area contributed by atoms with E-state index >= 15 is 0 Å². The zero-order valence-corrected chi connectivity index (χ0v) is 24.9. The quantitative estimate of drug-likeness (QED) is 0.302. The SMILES string of the molecule is CNC(=O)c1ccc2c(c1)CCc1cc(C(=O)NC)ccc1C2(C[C@@H](C)NCC(=O)N1[C@H](C#N)C[C@@H]2C[C@@H]21)c1noc(=O)[nH]1. The van der Waals surface area contributed by atoms with Crippen LogP contribution in [0.3, 0.4) is 0 Å². The number of carbonyl (C=O) groups is 3. The molecule has 12 nitrogen and oxygen atoms in total. The van der Waals surface area contributed by atoms with Crippen LogP contribution in [-0.2, 0) is 23.1 Å². The molecule has 1 saturated carbocycles. The summed E-state index contributed by atoms with van der Waals surface area (Å²) in [6, 6.07) is 12.7. The van der Waals surface area contributed by atoms with Crippen molar-refractivity contribution in [1.29, 1.82) is 5.26 Å². The molecule has 2 heterocycles. The summed E-state index contributed by atoms with van der Waals surface area (Å²) in [4.78, 5) is 55.4. The van der Waals surface area contributed by atoms with Gasteiger partial charge in [0, 0.05) is 37.3 Å². The van der Waals surface area contributed by atoms with Gasteiger partial charge in [-0.25, -0.2) is 4.79 Å². The van der Waals surface area contributed by atoms with Gasteiger partial charge in [-0.3, -0.25) is 23.9 Å². The first-order valence-electron chi connectivity index (χ1n) is 14.9. The second-order valence-corrected chi connectivity index (χ2v) is 12.0. The molecule has 0 spiro atoms. The van der Waals surface area contributed by atoms with Gasteiger partial charge in [0.2, 0.25) is 5.91 Å². The third-order valence-electron chi connectivity index (χ3n) is 9.37. The van der Waals surface area contributed by atoms with Crippen LogP contribution in [0.5, 0.6) is 0 Å². The van der Waals surface area contributed by atoms with Crippen molar-refractivity contribution >= 4 is 17.7 Å². The number of nitrogens with one attached hydrogen (secondary N) is 4. The summed E-state index contributed by atoms with van der Waals surface area (Å²) >= 11 is 0. The summed E-state index contributed by atoms with van der Waals surface area (Å²) in [7, 11) is 3.15. The Bertz CT molecular complexity index is 1670. The van der Waals surface area contributed by atoms with E-state index in [1.165, 1.54) is 0 Å². The molecule has 12 heteroatoms. The third kappa shape index (κ3) is 4.97. The van der Waals surface area contributed by atoms with Gasteiger partial charge in [-0.15, -0.1) is 0 Å². The molecule has 2 aromatic carbocycles. The van der Waals surface area contributed by atoms with Crippen LogP contribution in [0, 0.1) is 17.2 Å². The minimum atomic E-state index is -1.06. The molecule has 3 aliphatic rings. The Kier molecular flexibility index (Phi) is 7.59. The zero-order chi connectivity index (χ0) is 31.2. The third-order valence-corrected chi connectivity index (χ3v) is 9.37. The number of fused-ring (bicyclic) bond motifs is 3. The van der Waals surface area contributed by atoms with E-state index in [9.17, 15) is 24.4 Å². The largest absolute Gasteiger partial charge is 0.438 e. The van der Waals surface area contributed by atoms with Crippen molar-refractivity contribution in [2.24, 2.45) is 5.92 Å². The first kappa shape index (κ1) is 29.3. The molecule has 1 aliphatic heterocycles. The van der Waals surface area contributed by atoms with Crippen molar-refractivity contribution in [1.82, 2.24) is 31.0 Å². The van der Waals surface area contributed by atoms with Crippen LogP contribution in [0.4, 0.5) is 0 Å². The van der Waals surface area contributed by atoms with Crippen LogP contribution < -0.4 is 21.7 Å². The lowest BCUT2D eigenvalue weighted by molar-refractivity contribution is -0.131. The van der Waals surface area contributed by atoms with Crippen LogP contribution in [0.2, 0.25) is 0 Å². The maximum Gasteiger partial charge on any atom is 0.438 e. The Labute approximate surface area is 254 Å². The van der Waals surface area contributed by atoms with Gasteiger partial charge in [-0.1, -0.05) is 17.3 Å². The van der Waals surface area contributed by atoms with Crippen LogP contribution in [0.25, 0.3) is 0 Å². The fourth-order valence-electron chi connectivity index (χ4n) is 7.22. The molecular formula is C32H35N7O5. The number of amides is 3. The molecule has 3 amide bonds. The highest BCUT2D eigenvalue weighted by molar-refractivity contribution is 5.95. The molecule has 2 fully saturated rings. The van der Waals surface area contributed by atoms with E-state index in [0.29, 0.717) is 36.3 Å². The molecule has 3 aromatic rings. The van der Waals surface area contributed by atoms with Crippen molar-refractivity contribution in [3.8, 4) is 6.07 Å². The van der Waals surface area contributed by atoms with E-state index in [-0.39, 0.29) is 48.2 Å². The van der Waals surface area contributed by atoms with Crippen molar-refractivity contribution in [2.45, 2.75) is 62.6 Å². The van der Waals surface area contributed by atoms with E-state index < -0.39 is 11.2 Å². The number of aromatic nitrogens is 2. The number of carbonyl (C=O) groups excluding carboxylic acids is 3. The normalized spacial score (nSPS) is 21.6. The highest BCUT2D eigenvalue weighted by Gasteiger charge is 2.54. The lowest BCUT2D eigenvalue weighted by Crippen LogP contribution is -2.46. The van der Waals surface area contributed by atoms with Gasteiger partial charge in [0.25, 0.3) is 11.8 Å². The van der Waals surface area contributed by atoms with Gasteiger partial charge >= 0.3 is 5.76 Å². The fraction of sp³-hybridized carbons (Fsp3) is 0.438. The fourth-order valence-corrected chi connectivity index (χ4v) is 7.22. The lowest BCUT2D eigenvalue weighted by Gasteiger charge is -2.37. The van der Waals surface area contributed by atoms with Crippen LogP contribution in [-0.4, -0.2) is 71.5 Å². The standard InChI is InChI=1S/C32H35N7O5/c1-17(36-16-27(40)39-23(15-33)12-22-13-26(22)39)14-32(30-37-31(43)44-38-30)24-8-6-20(28(41)34-2)10-18(24)4-5-19-11-21(29(42)35-3)7-9-25(19)32/h6-11,17,22-23,26,36H,4-5,12-14,16H2,1-3H3,(H,34,41)(H,35,42)(H,37,38,43)/t17-,22-,23+,26+/m1/s1. The number of rotatable bonds is 8. The molecule has 1 aromatic heterocycles. The number of H-pyrrole nitrogens is 1. The molecule has 0 radical (unpaired) electrons. The summed E-state index contributed by atoms with van der Waals surface area (Å²) in [5.41, 5.74) is 3.40. The number of benzene rings is 2. The Balaban J connectivity index is 1.43. The molecule has 44 heavy (non-hydrogen) atoms. The average Bonchev–Trinajstić information content (AvgIpc) is 3.53. The van der Waals surface area contributed by atoms with Crippen LogP contribution in [0.15, 0.2) is 45.7 Å². The van der Waals surface area contributed by atoms with Gasteiger partial charge in [0.15, 0.2) is 5.82 Å². The summed E-state index contributed by atoms with van der Waals surface area (Å²) < 4.78 is 5.06. The van der Waals surface area contributed by atoms with Crippen molar-refractivity contribution in [2.75, 3.05) is 20.6 Å². The zero-order valence-electron chi connectivity index (χ0n) is 24.9. The van der Waals surface area contributed by atoms with Crippen molar-refractivity contribution in [3.05, 3.63) is 86.2 Å². The summed E-state index contributed by atoms with van der Waals surface area (Å²) in [5.74, 6) is -0.544. The van der Waals surface area contributed by atoms with Gasteiger partial charge in [0.05, 0.1) is 18.0 Å². The minimum Gasteiger partial charge on any atom is -0.355 e. The number of nitriles is 1. The van der Waals surface area contributed by atoms with E-state index in [4.69, 9.17) is 4.52 Å². The smallest absolute Gasteiger partial charge is 0.355 e. The number of hydrogen-bond donors (Lipinski definition) is 4. The molecule has 4 atom stereocenters. The van der Waals surface area contributed by atoms with E-state index in [2.05, 4.69) is 32.2 Å². The van der Waals surface area contributed by atoms with Gasteiger partial charge in [0.1, 0.15) is 6.04 Å². The predicted octanol–water partition coefficient (Wildman–Crippen LogP) is 1.40. The molecule has 0 bridgehead atoms. The monoisotopic (exact) mass is 597 g/mol. The summed E-state index contributed by atoms with van der Waals surface area (Å²) in [6.07, 6.45) is 3.18. The highest BCUT2D eigenvalue weighted by atomic mass is 16.5. The second-order valence-electron chi connectivity index (χ2n) is 12.0. The number of likely N-dealkylation sites (tertiary alicyclic amines) is 1. The minimum absolute atomic E-state index is 0.0545. The molecule has 1 saturated heterocycles. The molecule has 228 valence electrons. The topological polar surface area (TPSA) is 173 Å². The number of hydrogen-bond acceptors (Lipinski definition) is 8. The van der Waals surface area contributed by atoms with E-state index in [0.717, 1.165) is 35.1 Å². The second kappa shape index (κ2) is 11.4. The Morgan fingerprint density at radius 2 is 1.68 bits per heavy atom. The van der Waals surface area contributed by atoms with E-state index in [1.807, 2.05) is 31.2 Å². The first-order valence-corrected chi connectivity index (χ1v) is 14.9. The number of nitrogens with zero attached hydrogens (tertiary/aromatic N) is 3. The molecule has 6 rings (SSSR count). The Morgan fingerprint density at radius 1 is 1.07 bits per heavy atom.